The van der Waals surface area contributed by atoms with Gasteiger partial charge in [0.1, 0.15) is 5.78 Å². The SMILES string of the molecule is CC1(C)[C@@H]2C=CC[C@@H]2[C@@H]2C(=O)CC[C@@H]21. The molecule has 1 nitrogen and oxygen atoms in total. The summed E-state index contributed by atoms with van der Waals surface area (Å²) < 4.78 is 0. The summed E-state index contributed by atoms with van der Waals surface area (Å²) in [6, 6.07) is 0. The van der Waals surface area contributed by atoms with E-state index in [0.29, 0.717) is 34.9 Å². The van der Waals surface area contributed by atoms with Gasteiger partial charge in [-0.25, -0.2) is 0 Å². The van der Waals surface area contributed by atoms with Crippen molar-refractivity contribution < 1.29 is 4.79 Å². The van der Waals surface area contributed by atoms with Gasteiger partial charge in [0, 0.05) is 12.3 Å². The predicted octanol–water partition coefficient (Wildman–Crippen LogP) is 2.81. The van der Waals surface area contributed by atoms with E-state index >= 15 is 0 Å². The Labute approximate surface area is 85.6 Å². The third-order valence-corrected chi connectivity index (χ3v) is 5.00. The van der Waals surface area contributed by atoms with E-state index in [1.165, 1.54) is 0 Å². The highest BCUT2D eigenvalue weighted by atomic mass is 16.1. The Balaban J connectivity index is 2.04. The van der Waals surface area contributed by atoms with Crippen LogP contribution in [0.1, 0.15) is 33.1 Å². The van der Waals surface area contributed by atoms with Crippen LogP contribution in [-0.2, 0) is 4.79 Å². The van der Waals surface area contributed by atoms with Crippen LogP contribution >= 0.6 is 0 Å². The van der Waals surface area contributed by atoms with Crippen LogP contribution in [0.2, 0.25) is 0 Å². The maximum absolute atomic E-state index is 11.9. The van der Waals surface area contributed by atoms with E-state index in [1.807, 2.05) is 0 Å². The third-order valence-electron chi connectivity index (χ3n) is 5.00. The molecule has 0 amide bonds. The molecule has 76 valence electrons. The van der Waals surface area contributed by atoms with Crippen molar-refractivity contribution in [2.45, 2.75) is 33.1 Å². The minimum absolute atomic E-state index is 0.370. The number of rotatable bonds is 0. The van der Waals surface area contributed by atoms with Crippen molar-refractivity contribution in [3.05, 3.63) is 12.2 Å². The summed E-state index contributed by atoms with van der Waals surface area (Å²) in [5.74, 6) is 2.98. The molecule has 0 aromatic rings. The molecule has 0 radical (unpaired) electrons. The van der Waals surface area contributed by atoms with Crippen molar-refractivity contribution in [3.8, 4) is 0 Å². The molecule has 1 heteroatoms. The lowest BCUT2D eigenvalue weighted by Gasteiger charge is -2.30. The van der Waals surface area contributed by atoms with Crippen molar-refractivity contribution in [2.24, 2.45) is 29.1 Å². The van der Waals surface area contributed by atoms with Crippen molar-refractivity contribution in [1.82, 2.24) is 0 Å². The van der Waals surface area contributed by atoms with Crippen molar-refractivity contribution >= 4 is 5.78 Å². The van der Waals surface area contributed by atoms with E-state index in [0.717, 1.165) is 19.3 Å². The van der Waals surface area contributed by atoms with Gasteiger partial charge >= 0.3 is 0 Å². The molecule has 2 saturated carbocycles. The van der Waals surface area contributed by atoms with Gasteiger partial charge in [-0.1, -0.05) is 26.0 Å². The van der Waals surface area contributed by atoms with Gasteiger partial charge in [-0.2, -0.15) is 0 Å². The molecule has 3 aliphatic rings. The van der Waals surface area contributed by atoms with Crippen LogP contribution in [-0.4, -0.2) is 5.78 Å². The molecule has 0 saturated heterocycles. The van der Waals surface area contributed by atoms with Crippen molar-refractivity contribution in [1.29, 1.82) is 0 Å². The van der Waals surface area contributed by atoms with E-state index in [2.05, 4.69) is 26.0 Å². The molecule has 3 rings (SSSR count). The lowest BCUT2D eigenvalue weighted by Crippen LogP contribution is -2.24. The van der Waals surface area contributed by atoms with Gasteiger partial charge in [0.15, 0.2) is 0 Å². The molecular weight excluding hydrogens is 172 g/mol. The smallest absolute Gasteiger partial charge is 0.136 e. The van der Waals surface area contributed by atoms with Crippen LogP contribution in [0.4, 0.5) is 0 Å². The number of carbonyl (C=O) groups excluding carboxylic acids is 1. The molecule has 0 spiro atoms. The summed E-state index contributed by atoms with van der Waals surface area (Å²) >= 11 is 0. The Morgan fingerprint density at radius 1 is 1.43 bits per heavy atom. The summed E-state index contributed by atoms with van der Waals surface area (Å²) in [6.07, 6.45) is 7.81. The van der Waals surface area contributed by atoms with Crippen molar-refractivity contribution in [3.63, 3.8) is 0 Å². The van der Waals surface area contributed by atoms with Crippen LogP contribution in [0.15, 0.2) is 12.2 Å². The highest BCUT2D eigenvalue weighted by Gasteiger charge is 2.59. The maximum Gasteiger partial charge on any atom is 0.136 e. The number of fused-ring (bicyclic) bond motifs is 3. The summed E-state index contributed by atoms with van der Waals surface area (Å²) in [4.78, 5) is 11.9. The van der Waals surface area contributed by atoms with Gasteiger partial charge in [0.05, 0.1) is 0 Å². The zero-order chi connectivity index (χ0) is 9.92. The average molecular weight is 190 g/mol. The highest BCUT2D eigenvalue weighted by Crippen LogP contribution is 2.62. The lowest BCUT2D eigenvalue weighted by molar-refractivity contribution is -0.122. The lowest BCUT2D eigenvalue weighted by atomic mass is 9.74. The predicted molar refractivity (Wildman–Crippen MR) is 55.7 cm³/mol. The topological polar surface area (TPSA) is 17.1 Å². The largest absolute Gasteiger partial charge is 0.299 e. The first-order valence-electron chi connectivity index (χ1n) is 5.82. The number of hydrogen-bond donors (Lipinski definition) is 0. The number of Topliss-reactive ketones (excluding diaryl/α,β-unsaturated/α-hetero) is 1. The quantitative estimate of drug-likeness (QED) is 0.537. The Hall–Kier alpha value is -0.590. The van der Waals surface area contributed by atoms with Gasteiger partial charge in [-0.15, -0.1) is 0 Å². The van der Waals surface area contributed by atoms with Crippen LogP contribution in [0.3, 0.4) is 0 Å². The number of ketones is 1. The van der Waals surface area contributed by atoms with E-state index in [9.17, 15) is 4.79 Å². The molecule has 0 aromatic heterocycles. The third kappa shape index (κ3) is 0.838. The van der Waals surface area contributed by atoms with Crippen molar-refractivity contribution in [2.75, 3.05) is 0 Å². The summed E-state index contributed by atoms with van der Waals surface area (Å²) in [5.41, 5.74) is 0.370. The zero-order valence-corrected chi connectivity index (χ0v) is 8.99. The second-order valence-corrected chi connectivity index (χ2v) is 5.81. The molecule has 0 bridgehead atoms. The zero-order valence-electron chi connectivity index (χ0n) is 8.99. The van der Waals surface area contributed by atoms with Gasteiger partial charge in [0.2, 0.25) is 0 Å². The van der Waals surface area contributed by atoms with E-state index in [1.54, 1.807) is 0 Å². The average Bonchev–Trinajstić information content (AvgIpc) is 2.71. The van der Waals surface area contributed by atoms with Crippen LogP contribution in [0, 0.1) is 29.1 Å². The summed E-state index contributed by atoms with van der Waals surface area (Å²) in [5, 5.41) is 0. The molecule has 0 aromatic carbocycles. The van der Waals surface area contributed by atoms with Gasteiger partial charge in [0.25, 0.3) is 0 Å². The maximum atomic E-state index is 11.9. The molecular formula is C13H18O. The molecule has 3 aliphatic carbocycles. The second-order valence-electron chi connectivity index (χ2n) is 5.81. The van der Waals surface area contributed by atoms with E-state index in [-0.39, 0.29) is 0 Å². The number of carbonyl (C=O) groups is 1. The molecule has 0 unspecified atom stereocenters. The summed E-state index contributed by atoms with van der Waals surface area (Å²) in [6.45, 7) is 4.73. The molecule has 0 heterocycles. The highest BCUT2D eigenvalue weighted by molar-refractivity contribution is 5.84. The van der Waals surface area contributed by atoms with Crippen LogP contribution in [0.25, 0.3) is 0 Å². The molecule has 0 aliphatic heterocycles. The Morgan fingerprint density at radius 2 is 2.21 bits per heavy atom. The van der Waals surface area contributed by atoms with E-state index in [4.69, 9.17) is 0 Å². The first-order valence-corrected chi connectivity index (χ1v) is 5.82. The first-order chi connectivity index (χ1) is 6.62. The van der Waals surface area contributed by atoms with Gasteiger partial charge in [-0.3, -0.25) is 4.79 Å². The molecule has 14 heavy (non-hydrogen) atoms. The first kappa shape index (κ1) is 8.70. The molecule has 0 N–H and O–H groups in total. The number of allylic oxidation sites excluding steroid dienone is 2. The minimum atomic E-state index is 0.370. The van der Waals surface area contributed by atoms with Crippen LogP contribution < -0.4 is 0 Å². The fourth-order valence-electron chi connectivity index (χ4n) is 4.33. The fourth-order valence-corrected chi connectivity index (χ4v) is 4.33. The number of hydrogen-bond acceptors (Lipinski definition) is 1. The minimum Gasteiger partial charge on any atom is -0.299 e. The second kappa shape index (κ2) is 2.50. The molecule has 4 atom stereocenters. The Bertz CT molecular complexity index is 313. The summed E-state index contributed by atoms with van der Waals surface area (Å²) in [7, 11) is 0. The standard InChI is InChI=1S/C13H18O/c1-13(2)9-5-3-4-8(9)12-10(13)6-7-11(12)14/h3,5,8-10,12H,4,6-7H2,1-2H3/t8-,9+,10-,12-/m0/s1. The van der Waals surface area contributed by atoms with E-state index < -0.39 is 0 Å². The fraction of sp³-hybridized carbons (Fsp3) is 0.769. The Kier molecular flexibility index (Phi) is 1.55. The van der Waals surface area contributed by atoms with Gasteiger partial charge in [-0.05, 0) is 36.0 Å². The van der Waals surface area contributed by atoms with Gasteiger partial charge < -0.3 is 0 Å². The van der Waals surface area contributed by atoms with Crippen LogP contribution in [0.5, 0.6) is 0 Å². The monoisotopic (exact) mass is 190 g/mol. The molecule has 2 fully saturated rings. The normalized spacial score (nSPS) is 48.3. The Morgan fingerprint density at radius 3 is 3.00 bits per heavy atom.